The van der Waals surface area contributed by atoms with Gasteiger partial charge in [-0.2, -0.15) is 0 Å². The molecule has 0 saturated heterocycles. The monoisotopic (exact) mass is 1130 g/mol. The van der Waals surface area contributed by atoms with Crippen molar-refractivity contribution in [3.8, 4) is 35.5 Å². The molecule has 0 aliphatic rings. The standard InChI is InChI=1S/C21H20N2O4.C20H19N3O4.C16H11NO2.C5H11NO3.CH4/c1-15(24)19(21(26)27-2)23-20(25)18-9-7-16(8-10-18)5-3-4-6-17-11-13-22-14-12-17;1-14(24)18(20(26)23-27)22-19(25)17-8-6-15(7-9-17)4-2-3-5-16-10-12-21-13-11-16;18-16(19)15-7-5-13(6-8-15)3-1-2-4-14-9-11-17-12-10-14;1-3(7)4(6)5(8)9-2;/h4,6-15,19,24H,1-2H3,(H,23,25);3,5-14,18,24,27H,1H3,(H,22,25)(H,23,26);2,4-12H,(H,18,19);3-4,7H,6H2,1-2H3;1H4/b6-4+;5-3+;4-2+;;/t15-,19+;14-,18+;;3-,4+;/m11.1./s1. The smallest absolute Gasteiger partial charge is 0.335 e. The molecule has 20 heteroatoms. The number of hydroxylamine groups is 1. The number of rotatable bonds is 14. The number of amides is 3. The van der Waals surface area contributed by atoms with Crippen LogP contribution >= 0.6 is 0 Å². The zero-order valence-electron chi connectivity index (χ0n) is 45.2. The Bertz CT molecular complexity index is 3140. The molecule has 0 saturated carbocycles. The van der Waals surface area contributed by atoms with Gasteiger partial charge in [-0.05, 0) is 183 Å². The Morgan fingerprint density at radius 2 is 0.807 bits per heavy atom. The van der Waals surface area contributed by atoms with E-state index in [1.807, 2.05) is 54.6 Å². The summed E-state index contributed by atoms with van der Waals surface area (Å²) in [5.74, 6) is 13.4. The number of aromatic carboxylic acids is 1. The van der Waals surface area contributed by atoms with Crippen LogP contribution in [0.15, 0.2) is 165 Å². The second-order valence-corrected chi connectivity index (χ2v) is 16.9. The lowest BCUT2D eigenvalue weighted by Gasteiger charge is -2.19. The lowest BCUT2D eigenvalue weighted by atomic mass is 10.1. The fraction of sp³-hybridized carbons (Fsp3) is 0.190. The summed E-state index contributed by atoms with van der Waals surface area (Å²) in [4.78, 5) is 80.4. The summed E-state index contributed by atoms with van der Waals surface area (Å²) < 4.78 is 8.82. The first-order chi connectivity index (χ1) is 39.4. The summed E-state index contributed by atoms with van der Waals surface area (Å²) >= 11 is 0. The molecule has 3 heterocycles. The van der Waals surface area contributed by atoms with Gasteiger partial charge in [-0.25, -0.2) is 15.1 Å². The quantitative estimate of drug-likeness (QED) is 0.0290. The largest absolute Gasteiger partial charge is 0.478 e. The summed E-state index contributed by atoms with van der Waals surface area (Å²) in [5.41, 5.74) is 12.7. The topological polar surface area (TPSA) is 323 Å². The molecule has 3 aromatic carbocycles. The first kappa shape index (κ1) is 68.7. The van der Waals surface area contributed by atoms with Crippen molar-refractivity contribution in [1.29, 1.82) is 0 Å². The van der Waals surface area contributed by atoms with E-state index in [0.29, 0.717) is 16.7 Å². The van der Waals surface area contributed by atoms with Gasteiger partial charge < -0.3 is 46.3 Å². The number of carboxylic acids is 1. The fourth-order valence-corrected chi connectivity index (χ4v) is 6.08. The number of nitrogens with one attached hydrogen (secondary N) is 3. The van der Waals surface area contributed by atoms with Crippen molar-refractivity contribution in [2.75, 3.05) is 14.2 Å². The number of carbonyl (C=O) groups excluding carboxylic acids is 5. The van der Waals surface area contributed by atoms with Gasteiger partial charge in [-0.1, -0.05) is 42.9 Å². The number of nitrogens with zero attached hydrogens (tertiary/aromatic N) is 3. The highest BCUT2D eigenvalue weighted by atomic mass is 16.5. The summed E-state index contributed by atoms with van der Waals surface area (Å²) in [7, 11) is 2.42. The van der Waals surface area contributed by atoms with E-state index in [1.165, 1.54) is 40.5 Å². The number of pyridine rings is 3. The van der Waals surface area contributed by atoms with Crippen LogP contribution in [0.2, 0.25) is 0 Å². The molecule has 430 valence electrons. The normalized spacial score (nSPS) is 12.2. The van der Waals surface area contributed by atoms with Crippen LogP contribution in [0.5, 0.6) is 0 Å². The summed E-state index contributed by atoms with van der Waals surface area (Å²) in [6.07, 6.45) is 18.0. The minimum Gasteiger partial charge on any atom is -0.478 e. The Morgan fingerprint density at radius 3 is 1.07 bits per heavy atom. The van der Waals surface area contributed by atoms with Crippen LogP contribution in [-0.4, -0.2) is 127 Å². The van der Waals surface area contributed by atoms with E-state index in [0.717, 1.165) is 27.8 Å². The van der Waals surface area contributed by atoms with Crippen LogP contribution in [-0.2, 0) is 23.9 Å². The summed E-state index contributed by atoms with van der Waals surface area (Å²) in [6, 6.07) is 27.5. The minimum absolute atomic E-state index is 0. The first-order valence-corrected chi connectivity index (χ1v) is 24.7. The van der Waals surface area contributed by atoms with Gasteiger partial charge in [0.2, 0.25) is 0 Å². The van der Waals surface area contributed by atoms with E-state index >= 15 is 0 Å². The second kappa shape index (κ2) is 38.3. The maximum absolute atomic E-state index is 12.2. The number of hydrogen-bond donors (Lipinski definition) is 9. The predicted molar refractivity (Wildman–Crippen MR) is 313 cm³/mol. The molecule has 6 atom stereocenters. The predicted octanol–water partition coefficient (Wildman–Crippen LogP) is 5.28. The molecule has 3 amide bonds. The highest BCUT2D eigenvalue weighted by Gasteiger charge is 2.27. The third-order valence-electron chi connectivity index (χ3n) is 10.7. The minimum atomic E-state index is -1.26. The molecular weight excluding hydrogens is 1060 g/mol. The van der Waals surface area contributed by atoms with Gasteiger partial charge in [0.25, 0.3) is 17.7 Å². The Balaban J connectivity index is 0.000000398. The lowest BCUT2D eigenvalue weighted by molar-refractivity contribution is -0.146. The van der Waals surface area contributed by atoms with Crippen molar-refractivity contribution in [3.05, 3.63) is 215 Å². The first-order valence-electron chi connectivity index (χ1n) is 24.7. The molecule has 3 aromatic heterocycles. The number of carbonyl (C=O) groups is 6. The summed E-state index contributed by atoms with van der Waals surface area (Å²) in [6.45, 7) is 4.17. The van der Waals surface area contributed by atoms with Crippen molar-refractivity contribution in [3.63, 3.8) is 0 Å². The Kier molecular flexibility index (Phi) is 31.7. The van der Waals surface area contributed by atoms with Gasteiger partial charge in [0, 0.05) is 65.0 Å². The number of aliphatic hydroxyl groups excluding tert-OH is 3. The third-order valence-corrected chi connectivity index (χ3v) is 10.7. The zero-order valence-corrected chi connectivity index (χ0v) is 45.2. The van der Waals surface area contributed by atoms with Gasteiger partial charge >= 0.3 is 17.9 Å². The van der Waals surface area contributed by atoms with Crippen LogP contribution in [0.1, 0.15) is 92.7 Å². The van der Waals surface area contributed by atoms with E-state index in [1.54, 1.807) is 128 Å². The maximum Gasteiger partial charge on any atom is 0.335 e. The Hall–Kier alpha value is -10.4. The molecule has 0 bridgehead atoms. The number of hydrogen-bond acceptors (Lipinski definition) is 16. The Morgan fingerprint density at radius 1 is 0.494 bits per heavy atom. The van der Waals surface area contributed by atoms with Crippen LogP contribution < -0.4 is 21.8 Å². The average molecular weight is 1130 g/mol. The Labute approximate surface area is 481 Å². The van der Waals surface area contributed by atoms with Crippen LogP contribution in [0.4, 0.5) is 0 Å². The second-order valence-electron chi connectivity index (χ2n) is 16.9. The number of ether oxygens (including phenoxy) is 2. The number of esters is 2. The van der Waals surface area contributed by atoms with Crippen molar-refractivity contribution >= 4 is 53.9 Å². The lowest BCUT2D eigenvalue weighted by Crippen LogP contribution is -2.51. The average Bonchev–Trinajstić information content (AvgIpc) is 3.51. The van der Waals surface area contributed by atoms with E-state index in [4.69, 9.17) is 21.2 Å². The van der Waals surface area contributed by atoms with Crippen molar-refractivity contribution in [2.24, 2.45) is 5.73 Å². The van der Waals surface area contributed by atoms with E-state index in [9.17, 15) is 39.0 Å². The molecule has 0 aliphatic carbocycles. The number of benzene rings is 3. The van der Waals surface area contributed by atoms with Gasteiger partial charge in [0.1, 0.15) is 12.1 Å². The maximum atomic E-state index is 12.2. The molecule has 0 spiro atoms. The van der Waals surface area contributed by atoms with Crippen LogP contribution in [0.3, 0.4) is 0 Å². The van der Waals surface area contributed by atoms with Crippen LogP contribution in [0, 0.1) is 35.5 Å². The van der Waals surface area contributed by atoms with Gasteiger partial charge in [-0.3, -0.25) is 39.3 Å². The third kappa shape index (κ3) is 26.4. The fourth-order valence-electron chi connectivity index (χ4n) is 6.08. The molecule has 0 radical (unpaired) electrons. The van der Waals surface area contributed by atoms with E-state index < -0.39 is 72.1 Å². The van der Waals surface area contributed by atoms with Crippen molar-refractivity contribution in [1.82, 2.24) is 31.1 Å². The molecule has 10 N–H and O–H groups in total. The number of carboxylic acid groups (broad SMARTS) is 1. The molecule has 0 fully saturated rings. The molecule has 6 aromatic rings. The van der Waals surface area contributed by atoms with Crippen LogP contribution in [0.25, 0.3) is 18.2 Å². The molecule has 20 nitrogen and oxygen atoms in total. The SMILES string of the molecule is C.COC(=O)[C@@H](N)[C@@H](C)O.COC(=O)[C@@H](NC(=O)c1ccc(C#C/C=C/c2ccncc2)cc1)[C@@H](C)O.C[C@@H](O)[C@H](NC(=O)c1ccc(C#C/C=C/c2ccncc2)cc1)C(=O)NO.O=C(O)c1ccc(C#C/C=C/c2ccncc2)cc1. The van der Waals surface area contributed by atoms with Crippen molar-refractivity contribution in [2.45, 2.75) is 64.6 Å². The van der Waals surface area contributed by atoms with Gasteiger partial charge in [-0.15, -0.1) is 0 Å². The highest BCUT2D eigenvalue weighted by Crippen LogP contribution is 2.09. The van der Waals surface area contributed by atoms with Gasteiger partial charge in [0.15, 0.2) is 6.04 Å². The van der Waals surface area contributed by atoms with Crippen molar-refractivity contribution < 1.29 is 63.9 Å². The molecular formula is C63H65N7O13. The van der Waals surface area contributed by atoms with Gasteiger partial charge in [0.05, 0.1) is 38.1 Å². The molecule has 0 unspecified atom stereocenters. The number of allylic oxidation sites excluding steroid dienone is 3. The number of aliphatic hydroxyl groups is 3. The van der Waals surface area contributed by atoms with E-state index in [-0.39, 0.29) is 13.0 Å². The summed E-state index contributed by atoms with van der Waals surface area (Å²) in [5, 5.41) is 50.1. The van der Waals surface area contributed by atoms with E-state index in [2.05, 4.69) is 70.6 Å². The number of methoxy groups -OCH3 is 2. The molecule has 83 heavy (non-hydrogen) atoms. The zero-order chi connectivity index (χ0) is 60.2. The number of nitrogens with two attached hydrogens (primary N) is 1. The number of aromatic nitrogens is 3. The highest BCUT2D eigenvalue weighted by molar-refractivity contribution is 5.98. The molecule has 6 rings (SSSR count). The molecule has 0 aliphatic heterocycles.